The lowest BCUT2D eigenvalue weighted by Gasteiger charge is -2.33. The number of nitrogens with zero attached hydrogens (tertiary/aromatic N) is 1. The molecule has 5 nitrogen and oxygen atoms in total. The molecule has 182 valence electrons. The maximum atomic E-state index is 6.73. The van der Waals surface area contributed by atoms with Crippen LogP contribution in [0.1, 0.15) is 5.56 Å². The summed E-state index contributed by atoms with van der Waals surface area (Å²) in [6, 6.07) is 27.3. The summed E-state index contributed by atoms with van der Waals surface area (Å²) in [5, 5.41) is 5.79. The van der Waals surface area contributed by atoms with Crippen LogP contribution in [0.2, 0.25) is 0 Å². The van der Waals surface area contributed by atoms with E-state index in [9.17, 15) is 0 Å². The van der Waals surface area contributed by atoms with Gasteiger partial charge >= 0.3 is 0 Å². The van der Waals surface area contributed by atoms with Gasteiger partial charge in [0.1, 0.15) is 35.5 Å². The normalized spacial score (nSPS) is 13.0. The number of hydrogen-bond acceptors (Lipinski definition) is 4. The maximum absolute atomic E-state index is 6.73. The summed E-state index contributed by atoms with van der Waals surface area (Å²) in [5.74, 6) is 2.64. The van der Waals surface area contributed by atoms with Gasteiger partial charge in [0.2, 0.25) is 5.69 Å². The van der Waals surface area contributed by atoms with Gasteiger partial charge in [-0.25, -0.2) is 4.57 Å². The van der Waals surface area contributed by atoms with Crippen LogP contribution in [0.4, 0.5) is 11.4 Å². The lowest BCUT2D eigenvalue weighted by Crippen LogP contribution is -2.58. The van der Waals surface area contributed by atoms with Gasteiger partial charge in [0.15, 0.2) is 6.20 Å². The summed E-state index contributed by atoms with van der Waals surface area (Å²) < 4.78 is 21.0. The van der Waals surface area contributed by atoms with Gasteiger partial charge in [0.25, 0.3) is 6.71 Å². The predicted octanol–water partition coefficient (Wildman–Crippen LogP) is 5.07. The molecule has 0 saturated heterocycles. The van der Waals surface area contributed by atoms with Crippen molar-refractivity contribution in [3.8, 4) is 28.5 Å². The van der Waals surface area contributed by atoms with E-state index in [2.05, 4.69) is 84.6 Å². The van der Waals surface area contributed by atoms with Crippen LogP contribution in [0, 0.1) is 6.92 Å². The molecule has 4 aromatic carbocycles. The van der Waals surface area contributed by atoms with Crippen LogP contribution < -0.4 is 35.7 Å². The second-order valence-corrected chi connectivity index (χ2v) is 10.1. The maximum Gasteiger partial charge on any atom is 0.256 e. The fourth-order valence-corrected chi connectivity index (χ4v) is 6.28. The number of pyridine rings is 1. The van der Waals surface area contributed by atoms with E-state index in [0.717, 1.165) is 67.4 Å². The molecule has 6 aromatic rings. The average Bonchev–Trinajstić information content (AvgIpc) is 3.28. The molecule has 0 fully saturated rings. The van der Waals surface area contributed by atoms with Crippen LogP contribution in [0.15, 0.2) is 89.5 Å². The molecular weight excluding hydrogens is 471 g/mol. The first-order valence-corrected chi connectivity index (χ1v) is 12.8. The first-order valence-electron chi connectivity index (χ1n) is 12.8. The number of hydrogen-bond donors (Lipinski definition) is 1. The highest BCUT2D eigenvalue weighted by atomic mass is 16.5. The minimum absolute atomic E-state index is 0.0580. The number of rotatable bonds is 2. The van der Waals surface area contributed by atoms with E-state index in [1.807, 2.05) is 24.3 Å². The van der Waals surface area contributed by atoms with Gasteiger partial charge in [-0.2, -0.15) is 0 Å². The fraction of sp³-hybridized carbons (Fsp3) is 0.0938. The third kappa shape index (κ3) is 2.80. The van der Waals surface area contributed by atoms with Crippen LogP contribution >= 0.6 is 0 Å². The van der Waals surface area contributed by atoms with Crippen LogP contribution in [-0.2, 0) is 7.05 Å². The largest absolute Gasteiger partial charge is 0.496 e. The summed E-state index contributed by atoms with van der Waals surface area (Å²) in [6.45, 7) is 2.15. The lowest BCUT2D eigenvalue weighted by atomic mass is 9.34. The number of fused-ring (bicyclic) bond motifs is 7. The molecule has 4 heterocycles. The number of nitrogens with one attached hydrogen (secondary N) is 1. The van der Waals surface area contributed by atoms with Crippen molar-refractivity contribution < 1.29 is 18.5 Å². The van der Waals surface area contributed by atoms with Crippen molar-refractivity contribution >= 4 is 56.4 Å². The van der Waals surface area contributed by atoms with E-state index in [1.165, 1.54) is 16.4 Å². The lowest BCUT2D eigenvalue weighted by molar-refractivity contribution is -0.660. The Labute approximate surface area is 220 Å². The molecule has 0 saturated carbocycles. The number of ether oxygens (including phenoxy) is 2. The molecule has 38 heavy (non-hydrogen) atoms. The van der Waals surface area contributed by atoms with Gasteiger partial charge in [-0.3, -0.25) is 0 Å². The van der Waals surface area contributed by atoms with Gasteiger partial charge in [-0.1, -0.05) is 24.3 Å². The number of aromatic nitrogens is 1. The summed E-state index contributed by atoms with van der Waals surface area (Å²) in [5.41, 5.74) is 10.6. The molecule has 0 aliphatic carbocycles. The Morgan fingerprint density at radius 1 is 0.842 bits per heavy atom. The number of para-hydroxylation sites is 1. The fourth-order valence-electron chi connectivity index (χ4n) is 6.28. The zero-order valence-electron chi connectivity index (χ0n) is 21.3. The van der Waals surface area contributed by atoms with E-state index in [1.54, 1.807) is 7.11 Å². The van der Waals surface area contributed by atoms with Crippen LogP contribution in [0.3, 0.4) is 0 Å². The smallest absolute Gasteiger partial charge is 0.256 e. The molecule has 8 rings (SSSR count). The monoisotopic (exact) mass is 495 g/mol. The molecule has 2 aromatic heterocycles. The Bertz CT molecular complexity index is 1960. The molecule has 6 heteroatoms. The molecular formula is C32H24BN2O3+. The number of furan rings is 1. The zero-order valence-corrected chi connectivity index (χ0v) is 21.3. The van der Waals surface area contributed by atoms with Crippen LogP contribution in [0.5, 0.6) is 17.2 Å². The van der Waals surface area contributed by atoms with Gasteiger partial charge in [-0.05, 0) is 65.8 Å². The SMILES string of the molecule is COc1cc2c(oc3cc4c(cc32)Nc2cccc3c2B4c2ccccc2O3)c(-c2cccc[n+]2C)c1C. The minimum Gasteiger partial charge on any atom is -0.496 e. The van der Waals surface area contributed by atoms with Crippen molar-refractivity contribution in [1.82, 2.24) is 0 Å². The Balaban J connectivity index is 1.44. The molecule has 1 N–H and O–H groups in total. The van der Waals surface area contributed by atoms with Gasteiger partial charge in [0.05, 0.1) is 12.7 Å². The predicted molar refractivity (Wildman–Crippen MR) is 153 cm³/mol. The number of aryl methyl sites for hydroxylation is 1. The number of benzene rings is 4. The Morgan fingerprint density at radius 2 is 1.68 bits per heavy atom. The highest BCUT2D eigenvalue weighted by Crippen LogP contribution is 2.42. The number of methoxy groups -OCH3 is 1. The van der Waals surface area contributed by atoms with E-state index in [0.29, 0.717) is 0 Å². The van der Waals surface area contributed by atoms with Gasteiger partial charge in [-0.15, -0.1) is 0 Å². The van der Waals surface area contributed by atoms with Gasteiger partial charge < -0.3 is 19.2 Å². The molecule has 0 amide bonds. The quantitative estimate of drug-likeness (QED) is 0.269. The van der Waals surface area contributed by atoms with Crippen molar-refractivity contribution in [1.29, 1.82) is 0 Å². The third-order valence-corrected chi connectivity index (χ3v) is 8.06. The standard InChI is InChI=1S/C32H24BN2O3/c1-18-28(36-3)16-20-19-15-24-22(17-29(19)38-32(20)30(18)25-11-6-7-14-35(25)2)33-21-9-4-5-12-26(21)37-27-13-8-10-23(34-24)31(27)33/h4-17,34H,1-3H3/q+1. The molecule has 0 spiro atoms. The first kappa shape index (κ1) is 21.4. The van der Waals surface area contributed by atoms with Crippen molar-refractivity contribution in [2.45, 2.75) is 6.92 Å². The highest BCUT2D eigenvalue weighted by molar-refractivity contribution is 6.99. The Morgan fingerprint density at radius 3 is 2.55 bits per heavy atom. The summed E-state index contributed by atoms with van der Waals surface area (Å²) in [7, 11) is 3.79. The average molecular weight is 495 g/mol. The van der Waals surface area contributed by atoms with Crippen molar-refractivity contribution in [3.05, 3.63) is 90.6 Å². The Kier molecular flexibility index (Phi) is 4.31. The number of anilines is 2. The van der Waals surface area contributed by atoms with Gasteiger partial charge in [0, 0.05) is 39.8 Å². The first-order chi connectivity index (χ1) is 18.6. The molecule has 2 aliphatic heterocycles. The second-order valence-electron chi connectivity index (χ2n) is 10.1. The summed E-state index contributed by atoms with van der Waals surface area (Å²) >= 11 is 0. The van der Waals surface area contributed by atoms with Crippen LogP contribution in [0.25, 0.3) is 33.2 Å². The molecule has 0 atom stereocenters. The van der Waals surface area contributed by atoms with E-state index < -0.39 is 0 Å². The van der Waals surface area contributed by atoms with E-state index >= 15 is 0 Å². The molecule has 0 bridgehead atoms. The highest BCUT2D eigenvalue weighted by Gasteiger charge is 2.39. The van der Waals surface area contributed by atoms with Crippen molar-refractivity contribution in [3.63, 3.8) is 0 Å². The zero-order chi connectivity index (χ0) is 25.5. The van der Waals surface area contributed by atoms with E-state index in [4.69, 9.17) is 13.9 Å². The topological polar surface area (TPSA) is 47.5 Å². The molecule has 2 aliphatic rings. The third-order valence-electron chi connectivity index (χ3n) is 8.06. The van der Waals surface area contributed by atoms with Crippen molar-refractivity contribution in [2.24, 2.45) is 7.05 Å². The summed E-state index contributed by atoms with van der Waals surface area (Å²) in [4.78, 5) is 0. The molecule has 0 unspecified atom stereocenters. The van der Waals surface area contributed by atoms with E-state index in [-0.39, 0.29) is 6.71 Å². The molecule has 0 radical (unpaired) electrons. The van der Waals surface area contributed by atoms with Crippen LogP contribution in [-0.4, -0.2) is 13.8 Å². The Hall–Kier alpha value is -4.71. The summed E-state index contributed by atoms with van der Waals surface area (Å²) in [6.07, 6.45) is 2.06. The van der Waals surface area contributed by atoms with Crippen molar-refractivity contribution in [2.75, 3.05) is 12.4 Å². The second kappa shape index (κ2) is 7.65. The minimum atomic E-state index is 0.0580.